The second-order valence-electron chi connectivity index (χ2n) is 5.92. The zero-order valence-electron chi connectivity index (χ0n) is 14.5. The molecule has 6 heteroatoms. The number of hydrogen-bond donors (Lipinski definition) is 1. The second kappa shape index (κ2) is 7.74. The number of rotatable bonds is 5. The lowest BCUT2D eigenvalue weighted by Gasteiger charge is -2.10. The molecule has 0 aliphatic rings. The fourth-order valence-electron chi connectivity index (χ4n) is 2.65. The van der Waals surface area contributed by atoms with Crippen molar-refractivity contribution in [2.75, 3.05) is 11.9 Å². The molecule has 0 saturated heterocycles. The Morgan fingerprint density at radius 3 is 2.73 bits per heavy atom. The summed E-state index contributed by atoms with van der Waals surface area (Å²) in [6.07, 6.45) is 0.732. The maximum atomic E-state index is 12.1. The average Bonchev–Trinajstić information content (AvgIpc) is 2.61. The lowest BCUT2D eigenvalue weighted by Crippen LogP contribution is -2.20. The Kier molecular flexibility index (Phi) is 5.42. The Labute approximate surface area is 159 Å². The van der Waals surface area contributed by atoms with Gasteiger partial charge in [-0.2, -0.15) is 0 Å². The number of aryl methyl sites for hydroxylation is 2. The molecule has 3 rings (SSSR count). The van der Waals surface area contributed by atoms with Gasteiger partial charge in [0, 0.05) is 22.0 Å². The minimum atomic E-state index is -0.395. The van der Waals surface area contributed by atoms with Crippen LogP contribution in [0.15, 0.2) is 56.1 Å². The third kappa shape index (κ3) is 4.14. The van der Waals surface area contributed by atoms with E-state index in [1.54, 1.807) is 12.1 Å². The van der Waals surface area contributed by atoms with Gasteiger partial charge in [-0.15, -0.1) is 0 Å². The van der Waals surface area contributed by atoms with Gasteiger partial charge in [-0.1, -0.05) is 13.0 Å². The number of benzene rings is 2. The Bertz CT molecular complexity index is 1030. The van der Waals surface area contributed by atoms with E-state index in [0.717, 1.165) is 27.4 Å². The Morgan fingerprint density at radius 1 is 1.19 bits per heavy atom. The topological polar surface area (TPSA) is 68.5 Å². The number of hydrogen-bond acceptors (Lipinski definition) is 4. The SMILES string of the molecule is CCc1cc(=O)oc2cc(OCC(=O)Nc3ccc(C)cc3Br)ccc12. The highest BCUT2D eigenvalue weighted by Gasteiger charge is 2.09. The fraction of sp³-hybridized carbons (Fsp3) is 0.200. The Hall–Kier alpha value is -2.60. The molecule has 0 aliphatic heterocycles. The third-order valence-corrected chi connectivity index (χ3v) is 4.61. The molecular weight excluding hydrogens is 398 g/mol. The van der Waals surface area contributed by atoms with E-state index in [1.165, 1.54) is 6.07 Å². The first-order chi connectivity index (χ1) is 12.5. The smallest absolute Gasteiger partial charge is 0.336 e. The van der Waals surface area contributed by atoms with Crippen LogP contribution >= 0.6 is 15.9 Å². The highest BCUT2D eigenvalue weighted by atomic mass is 79.9. The van der Waals surface area contributed by atoms with Crippen LogP contribution < -0.4 is 15.7 Å². The number of anilines is 1. The van der Waals surface area contributed by atoms with E-state index in [-0.39, 0.29) is 12.5 Å². The summed E-state index contributed by atoms with van der Waals surface area (Å²) in [4.78, 5) is 23.7. The first-order valence-corrected chi connectivity index (χ1v) is 9.01. The van der Waals surface area contributed by atoms with E-state index in [0.29, 0.717) is 17.0 Å². The highest BCUT2D eigenvalue weighted by Crippen LogP contribution is 2.24. The average molecular weight is 416 g/mol. The molecule has 0 radical (unpaired) electrons. The van der Waals surface area contributed by atoms with E-state index in [9.17, 15) is 9.59 Å². The molecule has 0 unspecified atom stereocenters. The van der Waals surface area contributed by atoms with E-state index < -0.39 is 5.63 Å². The fourth-order valence-corrected chi connectivity index (χ4v) is 3.24. The van der Waals surface area contributed by atoms with Crippen molar-refractivity contribution in [3.8, 4) is 5.75 Å². The molecule has 1 N–H and O–H groups in total. The molecule has 2 aromatic carbocycles. The monoisotopic (exact) mass is 415 g/mol. The zero-order chi connectivity index (χ0) is 18.7. The quantitative estimate of drug-likeness (QED) is 0.625. The van der Waals surface area contributed by atoms with Crippen LogP contribution in [0.25, 0.3) is 11.0 Å². The van der Waals surface area contributed by atoms with Crippen LogP contribution in [0.1, 0.15) is 18.1 Å². The molecule has 0 spiro atoms. The molecule has 134 valence electrons. The summed E-state index contributed by atoms with van der Waals surface area (Å²) >= 11 is 3.42. The number of amides is 1. The van der Waals surface area contributed by atoms with Gasteiger partial charge in [0.25, 0.3) is 5.91 Å². The van der Waals surface area contributed by atoms with Gasteiger partial charge in [0.1, 0.15) is 11.3 Å². The largest absolute Gasteiger partial charge is 0.484 e. The standard InChI is InChI=1S/C20H18BrNO4/c1-3-13-9-20(24)26-18-10-14(5-6-15(13)18)25-11-19(23)22-17-7-4-12(2)8-16(17)21/h4-10H,3,11H2,1-2H3,(H,22,23). The van der Waals surface area contributed by atoms with Crippen LogP contribution in [-0.4, -0.2) is 12.5 Å². The van der Waals surface area contributed by atoms with Gasteiger partial charge >= 0.3 is 5.63 Å². The van der Waals surface area contributed by atoms with Crippen molar-refractivity contribution in [3.63, 3.8) is 0 Å². The predicted octanol–water partition coefficient (Wildman–Crippen LogP) is 4.44. The minimum absolute atomic E-state index is 0.149. The number of nitrogens with one attached hydrogen (secondary N) is 1. The van der Waals surface area contributed by atoms with Gasteiger partial charge in [-0.25, -0.2) is 4.79 Å². The normalized spacial score (nSPS) is 10.7. The molecule has 0 atom stereocenters. The lowest BCUT2D eigenvalue weighted by atomic mass is 10.1. The predicted molar refractivity (Wildman–Crippen MR) is 105 cm³/mol. The van der Waals surface area contributed by atoms with Crippen molar-refractivity contribution in [1.29, 1.82) is 0 Å². The maximum absolute atomic E-state index is 12.1. The molecule has 3 aromatic rings. The van der Waals surface area contributed by atoms with Crippen LogP contribution in [0.4, 0.5) is 5.69 Å². The molecule has 1 heterocycles. The summed E-state index contributed by atoms with van der Waals surface area (Å²) in [5.74, 6) is 0.186. The van der Waals surface area contributed by atoms with Crippen LogP contribution in [0.3, 0.4) is 0 Å². The van der Waals surface area contributed by atoms with Crippen molar-refractivity contribution in [1.82, 2.24) is 0 Å². The van der Waals surface area contributed by atoms with Crippen LogP contribution in [-0.2, 0) is 11.2 Å². The van der Waals surface area contributed by atoms with Crippen molar-refractivity contribution in [2.45, 2.75) is 20.3 Å². The van der Waals surface area contributed by atoms with E-state index in [1.807, 2.05) is 38.1 Å². The van der Waals surface area contributed by atoms with Crippen LogP contribution in [0, 0.1) is 6.92 Å². The lowest BCUT2D eigenvalue weighted by molar-refractivity contribution is -0.118. The van der Waals surface area contributed by atoms with E-state index in [2.05, 4.69) is 21.2 Å². The van der Waals surface area contributed by atoms with E-state index in [4.69, 9.17) is 9.15 Å². The van der Waals surface area contributed by atoms with Crippen LogP contribution in [0.5, 0.6) is 5.75 Å². The zero-order valence-corrected chi connectivity index (χ0v) is 16.1. The van der Waals surface area contributed by atoms with Gasteiger partial charge in [0.15, 0.2) is 6.61 Å². The summed E-state index contributed by atoms with van der Waals surface area (Å²) in [6.45, 7) is 3.80. The van der Waals surface area contributed by atoms with Gasteiger partial charge in [0.2, 0.25) is 0 Å². The number of carbonyl (C=O) groups is 1. The van der Waals surface area contributed by atoms with Crippen LogP contribution in [0.2, 0.25) is 0 Å². The van der Waals surface area contributed by atoms with Gasteiger partial charge in [-0.05, 0) is 64.7 Å². The molecule has 0 fully saturated rings. The minimum Gasteiger partial charge on any atom is -0.484 e. The Balaban J connectivity index is 1.71. The van der Waals surface area contributed by atoms with Crippen molar-refractivity contribution in [2.24, 2.45) is 0 Å². The molecule has 1 amide bonds. The molecule has 0 saturated carbocycles. The number of carbonyl (C=O) groups excluding carboxylic acids is 1. The summed E-state index contributed by atoms with van der Waals surface area (Å²) in [5.41, 5.74) is 2.75. The first kappa shape index (κ1) is 18.2. The molecule has 26 heavy (non-hydrogen) atoms. The van der Waals surface area contributed by atoms with Gasteiger partial charge in [-0.3, -0.25) is 4.79 Å². The van der Waals surface area contributed by atoms with Crippen molar-refractivity contribution >= 4 is 38.5 Å². The molecule has 0 bridgehead atoms. The number of ether oxygens (including phenoxy) is 1. The molecular formula is C20H18BrNO4. The van der Waals surface area contributed by atoms with Gasteiger partial charge in [0.05, 0.1) is 5.69 Å². The molecule has 0 aliphatic carbocycles. The maximum Gasteiger partial charge on any atom is 0.336 e. The number of fused-ring (bicyclic) bond motifs is 1. The first-order valence-electron chi connectivity index (χ1n) is 8.22. The molecule has 1 aromatic heterocycles. The summed E-state index contributed by atoms with van der Waals surface area (Å²) in [7, 11) is 0. The Morgan fingerprint density at radius 2 is 2.00 bits per heavy atom. The second-order valence-corrected chi connectivity index (χ2v) is 6.78. The summed E-state index contributed by atoms with van der Waals surface area (Å²) in [5, 5.41) is 3.66. The summed E-state index contributed by atoms with van der Waals surface area (Å²) in [6, 6.07) is 12.4. The van der Waals surface area contributed by atoms with Crippen molar-refractivity contribution in [3.05, 3.63) is 68.5 Å². The number of halogens is 1. The molecule has 5 nitrogen and oxygen atoms in total. The third-order valence-electron chi connectivity index (χ3n) is 3.95. The summed E-state index contributed by atoms with van der Waals surface area (Å²) < 4.78 is 11.6. The van der Waals surface area contributed by atoms with E-state index >= 15 is 0 Å². The van der Waals surface area contributed by atoms with Gasteiger partial charge < -0.3 is 14.5 Å². The van der Waals surface area contributed by atoms with Crippen molar-refractivity contribution < 1.29 is 13.9 Å². The highest BCUT2D eigenvalue weighted by molar-refractivity contribution is 9.10.